The highest BCUT2D eigenvalue weighted by atomic mass is 16.5. The number of fused-ring (bicyclic) bond motifs is 1. The topological polar surface area (TPSA) is 38.3 Å². The number of anilines is 1. The number of methoxy groups -OCH3 is 1. The third-order valence-corrected chi connectivity index (χ3v) is 4.01. The molecule has 1 aliphatic carbocycles. The van der Waals surface area contributed by atoms with Crippen molar-refractivity contribution < 1.29 is 9.53 Å². The Morgan fingerprint density at radius 2 is 2.06 bits per heavy atom. The van der Waals surface area contributed by atoms with Gasteiger partial charge < -0.3 is 10.1 Å². The van der Waals surface area contributed by atoms with Gasteiger partial charge in [0.2, 0.25) is 5.91 Å². The van der Waals surface area contributed by atoms with Gasteiger partial charge in [-0.3, -0.25) is 4.79 Å². The molecular formula is C14H17NO2. The van der Waals surface area contributed by atoms with Gasteiger partial charge in [-0.1, -0.05) is 12.8 Å². The molecule has 0 aromatic heterocycles. The van der Waals surface area contributed by atoms with Crippen LogP contribution in [0.15, 0.2) is 18.2 Å². The van der Waals surface area contributed by atoms with Gasteiger partial charge in [0.15, 0.2) is 0 Å². The average molecular weight is 231 g/mol. The van der Waals surface area contributed by atoms with E-state index in [1.807, 2.05) is 18.2 Å². The van der Waals surface area contributed by atoms with E-state index in [0.717, 1.165) is 17.0 Å². The highest BCUT2D eigenvalue weighted by molar-refractivity contribution is 6.03. The van der Waals surface area contributed by atoms with E-state index in [1.165, 1.54) is 25.7 Å². The minimum atomic E-state index is 0.0441. The van der Waals surface area contributed by atoms with Gasteiger partial charge in [0.05, 0.1) is 13.0 Å². The Bertz CT molecular complexity index is 450. The summed E-state index contributed by atoms with van der Waals surface area (Å²) in [6, 6.07) is 5.85. The molecule has 1 aliphatic heterocycles. The third kappa shape index (κ3) is 1.70. The van der Waals surface area contributed by atoms with Crippen molar-refractivity contribution in [2.45, 2.75) is 31.6 Å². The van der Waals surface area contributed by atoms with Gasteiger partial charge in [-0.25, -0.2) is 0 Å². The molecule has 1 heterocycles. The van der Waals surface area contributed by atoms with E-state index in [2.05, 4.69) is 5.32 Å². The van der Waals surface area contributed by atoms with Crippen molar-refractivity contribution in [2.24, 2.45) is 5.92 Å². The summed E-state index contributed by atoms with van der Waals surface area (Å²) in [5.74, 6) is 1.56. The van der Waals surface area contributed by atoms with E-state index in [4.69, 9.17) is 4.74 Å². The van der Waals surface area contributed by atoms with Crippen molar-refractivity contribution in [3.63, 3.8) is 0 Å². The summed E-state index contributed by atoms with van der Waals surface area (Å²) in [6.45, 7) is 0. The van der Waals surface area contributed by atoms with E-state index in [1.54, 1.807) is 7.11 Å². The Morgan fingerprint density at radius 1 is 1.29 bits per heavy atom. The number of rotatable bonds is 2. The van der Waals surface area contributed by atoms with Crippen LogP contribution in [0.4, 0.5) is 5.69 Å². The fourth-order valence-corrected chi connectivity index (χ4v) is 3.15. The molecule has 0 spiro atoms. The molecule has 0 radical (unpaired) electrons. The molecule has 0 bridgehead atoms. The zero-order valence-electron chi connectivity index (χ0n) is 10.0. The number of hydrogen-bond donors (Lipinski definition) is 1. The van der Waals surface area contributed by atoms with Gasteiger partial charge in [-0.05, 0) is 42.5 Å². The summed E-state index contributed by atoms with van der Waals surface area (Å²) in [5, 5.41) is 2.98. The predicted molar refractivity (Wildman–Crippen MR) is 66.3 cm³/mol. The minimum absolute atomic E-state index is 0.0441. The maximum atomic E-state index is 12.1. The summed E-state index contributed by atoms with van der Waals surface area (Å²) in [6.07, 6.45) is 4.87. The first-order valence-corrected chi connectivity index (χ1v) is 6.28. The van der Waals surface area contributed by atoms with E-state index < -0.39 is 0 Å². The molecule has 2 aliphatic rings. The van der Waals surface area contributed by atoms with Gasteiger partial charge in [0, 0.05) is 5.69 Å². The lowest BCUT2D eigenvalue weighted by Gasteiger charge is -2.16. The zero-order chi connectivity index (χ0) is 11.8. The number of hydrogen-bond acceptors (Lipinski definition) is 2. The number of ether oxygens (including phenoxy) is 1. The van der Waals surface area contributed by atoms with Crippen LogP contribution in [0.5, 0.6) is 5.75 Å². The Kier molecular flexibility index (Phi) is 2.54. The highest BCUT2D eigenvalue weighted by Gasteiger charge is 2.38. The molecule has 90 valence electrons. The van der Waals surface area contributed by atoms with Crippen LogP contribution in [0.1, 0.15) is 37.2 Å². The second-order valence-corrected chi connectivity index (χ2v) is 4.96. The van der Waals surface area contributed by atoms with Crippen LogP contribution in [-0.4, -0.2) is 13.0 Å². The second kappa shape index (κ2) is 4.06. The Morgan fingerprint density at radius 3 is 2.76 bits per heavy atom. The molecule has 3 heteroatoms. The molecule has 1 unspecified atom stereocenters. The molecule has 1 saturated carbocycles. The quantitative estimate of drug-likeness (QED) is 0.849. The maximum absolute atomic E-state index is 12.1. The average Bonchev–Trinajstić information content (AvgIpc) is 2.93. The number of carbonyl (C=O) groups is 1. The molecule has 3 nitrogen and oxygen atoms in total. The summed E-state index contributed by atoms with van der Waals surface area (Å²) >= 11 is 0. The van der Waals surface area contributed by atoms with Gasteiger partial charge in [0.1, 0.15) is 5.75 Å². The van der Waals surface area contributed by atoms with Gasteiger partial charge >= 0.3 is 0 Å². The second-order valence-electron chi connectivity index (χ2n) is 4.96. The van der Waals surface area contributed by atoms with Crippen molar-refractivity contribution in [3.05, 3.63) is 23.8 Å². The molecule has 1 N–H and O–H groups in total. The number of carbonyl (C=O) groups excluding carboxylic acids is 1. The number of amides is 1. The van der Waals surface area contributed by atoms with Crippen LogP contribution in [0.25, 0.3) is 0 Å². The van der Waals surface area contributed by atoms with E-state index >= 15 is 0 Å². The lowest BCUT2D eigenvalue weighted by Crippen LogP contribution is -2.18. The molecule has 1 fully saturated rings. The summed E-state index contributed by atoms with van der Waals surface area (Å²) in [5.41, 5.74) is 2.09. The maximum Gasteiger partial charge on any atom is 0.232 e. The Hall–Kier alpha value is -1.51. The summed E-state index contributed by atoms with van der Waals surface area (Å²) < 4.78 is 5.25. The van der Waals surface area contributed by atoms with Crippen molar-refractivity contribution in [3.8, 4) is 5.75 Å². The van der Waals surface area contributed by atoms with Crippen molar-refractivity contribution in [1.82, 2.24) is 0 Å². The van der Waals surface area contributed by atoms with E-state index in [0.29, 0.717) is 5.92 Å². The van der Waals surface area contributed by atoms with Crippen molar-refractivity contribution in [2.75, 3.05) is 12.4 Å². The lowest BCUT2D eigenvalue weighted by atomic mass is 9.86. The van der Waals surface area contributed by atoms with E-state index in [-0.39, 0.29) is 11.8 Å². The first-order chi connectivity index (χ1) is 8.29. The van der Waals surface area contributed by atoms with Crippen LogP contribution < -0.4 is 10.1 Å². The SMILES string of the molecule is COc1ccc2c(c1)C(C1CCCC1)C(=O)N2. The monoisotopic (exact) mass is 231 g/mol. The predicted octanol–water partition coefficient (Wildman–Crippen LogP) is 2.92. The molecule has 3 rings (SSSR count). The Balaban J connectivity index is 1.98. The van der Waals surface area contributed by atoms with Gasteiger partial charge in [-0.15, -0.1) is 0 Å². The fourth-order valence-electron chi connectivity index (χ4n) is 3.15. The zero-order valence-corrected chi connectivity index (χ0v) is 10.0. The number of benzene rings is 1. The van der Waals surface area contributed by atoms with Crippen LogP contribution in [0.3, 0.4) is 0 Å². The van der Waals surface area contributed by atoms with Gasteiger partial charge in [-0.2, -0.15) is 0 Å². The van der Waals surface area contributed by atoms with E-state index in [9.17, 15) is 4.79 Å². The third-order valence-electron chi connectivity index (χ3n) is 4.01. The van der Waals surface area contributed by atoms with Crippen LogP contribution in [-0.2, 0) is 4.79 Å². The highest BCUT2D eigenvalue weighted by Crippen LogP contribution is 2.44. The largest absolute Gasteiger partial charge is 0.497 e. The standard InChI is InChI=1S/C14H17NO2/c1-17-10-6-7-12-11(8-10)13(14(16)15-12)9-4-2-3-5-9/h6-9,13H,2-5H2,1H3,(H,15,16). The van der Waals surface area contributed by atoms with Crippen molar-refractivity contribution >= 4 is 11.6 Å². The lowest BCUT2D eigenvalue weighted by molar-refractivity contribution is -0.118. The fraction of sp³-hybridized carbons (Fsp3) is 0.500. The normalized spacial score (nSPS) is 23.6. The minimum Gasteiger partial charge on any atom is -0.497 e. The van der Waals surface area contributed by atoms with Gasteiger partial charge in [0.25, 0.3) is 0 Å². The Labute approximate surface area is 101 Å². The summed E-state index contributed by atoms with van der Waals surface area (Å²) in [7, 11) is 1.66. The molecular weight excluding hydrogens is 214 g/mol. The smallest absolute Gasteiger partial charge is 0.232 e. The molecule has 1 atom stereocenters. The van der Waals surface area contributed by atoms with Crippen LogP contribution in [0, 0.1) is 5.92 Å². The number of nitrogens with one attached hydrogen (secondary N) is 1. The molecule has 17 heavy (non-hydrogen) atoms. The summed E-state index contributed by atoms with van der Waals surface area (Å²) in [4.78, 5) is 12.1. The molecule has 1 aromatic rings. The first-order valence-electron chi connectivity index (χ1n) is 6.28. The van der Waals surface area contributed by atoms with Crippen LogP contribution >= 0.6 is 0 Å². The van der Waals surface area contributed by atoms with Crippen molar-refractivity contribution in [1.29, 1.82) is 0 Å². The van der Waals surface area contributed by atoms with Crippen LogP contribution in [0.2, 0.25) is 0 Å². The molecule has 1 aromatic carbocycles. The first kappa shape index (κ1) is 10.6. The molecule has 0 saturated heterocycles. The molecule has 1 amide bonds.